The second kappa shape index (κ2) is 5.99. The molecule has 3 N–H and O–H groups in total. The minimum atomic E-state index is -0.976. The predicted octanol–water partition coefficient (Wildman–Crippen LogP) is 1.68. The topological polar surface area (TPSA) is 64.1 Å². The molecule has 0 radical (unpaired) electrons. The van der Waals surface area contributed by atoms with E-state index in [1.54, 1.807) is 6.20 Å². The summed E-state index contributed by atoms with van der Waals surface area (Å²) in [7, 11) is 0. The molecule has 1 heterocycles. The summed E-state index contributed by atoms with van der Waals surface area (Å²) in [6.07, 6.45) is 5.21. The number of nitrogens with two attached hydrogens (primary N) is 1. The second-order valence-corrected chi connectivity index (χ2v) is 4.74. The molecule has 0 spiro atoms. The lowest BCUT2D eigenvalue weighted by Crippen LogP contribution is -2.36. The molecule has 0 aliphatic heterocycles. The average molecular weight is 259 g/mol. The molecule has 0 saturated heterocycles. The van der Waals surface area contributed by atoms with Gasteiger partial charge >= 0.3 is 0 Å². The normalized spacial score (nSPS) is 14.3. The van der Waals surface area contributed by atoms with Crippen molar-refractivity contribution in [2.45, 2.75) is 31.9 Å². The van der Waals surface area contributed by atoms with Crippen LogP contribution in [0.5, 0.6) is 0 Å². The van der Waals surface area contributed by atoms with Gasteiger partial charge in [-0.05, 0) is 12.0 Å². The van der Waals surface area contributed by atoms with Crippen molar-refractivity contribution in [2.24, 2.45) is 5.73 Å². The monoisotopic (exact) mass is 259 g/mol. The molecule has 1 aromatic heterocycles. The van der Waals surface area contributed by atoms with Gasteiger partial charge in [0, 0.05) is 31.9 Å². The van der Waals surface area contributed by atoms with Crippen LogP contribution < -0.4 is 5.73 Å². The van der Waals surface area contributed by atoms with E-state index in [0.29, 0.717) is 13.0 Å². The molecule has 1 aromatic carbocycles. The van der Waals surface area contributed by atoms with Crippen molar-refractivity contribution in [1.29, 1.82) is 0 Å². The highest BCUT2D eigenvalue weighted by Gasteiger charge is 2.27. The van der Waals surface area contributed by atoms with Gasteiger partial charge in [0.1, 0.15) is 11.4 Å². The van der Waals surface area contributed by atoms with Crippen molar-refractivity contribution >= 4 is 0 Å². The minimum Gasteiger partial charge on any atom is -0.384 e. The summed E-state index contributed by atoms with van der Waals surface area (Å²) in [6, 6.07) is 9.61. The van der Waals surface area contributed by atoms with E-state index in [1.165, 1.54) is 0 Å². The molecule has 1 unspecified atom stereocenters. The van der Waals surface area contributed by atoms with Gasteiger partial charge in [0.25, 0.3) is 0 Å². The Morgan fingerprint density at radius 3 is 2.68 bits per heavy atom. The molecule has 0 saturated carbocycles. The summed E-state index contributed by atoms with van der Waals surface area (Å²) in [4.78, 5) is 4.28. The van der Waals surface area contributed by atoms with Crippen molar-refractivity contribution in [1.82, 2.24) is 9.55 Å². The largest absolute Gasteiger partial charge is 0.384 e. The first-order valence-electron chi connectivity index (χ1n) is 6.67. The zero-order valence-corrected chi connectivity index (χ0v) is 11.3. The number of rotatable bonds is 6. The van der Waals surface area contributed by atoms with Crippen LogP contribution in [0.3, 0.4) is 0 Å². The van der Waals surface area contributed by atoms with Crippen LogP contribution in [-0.2, 0) is 18.6 Å². The fraction of sp³-hybridized carbons (Fsp3) is 0.400. The van der Waals surface area contributed by atoms with E-state index < -0.39 is 5.60 Å². The van der Waals surface area contributed by atoms with Gasteiger partial charge in [0.05, 0.1) is 0 Å². The van der Waals surface area contributed by atoms with Gasteiger partial charge in [-0.15, -0.1) is 0 Å². The van der Waals surface area contributed by atoms with E-state index in [1.807, 2.05) is 36.5 Å². The Hall–Kier alpha value is -1.65. The highest BCUT2D eigenvalue weighted by molar-refractivity contribution is 5.22. The van der Waals surface area contributed by atoms with Gasteiger partial charge in [0.2, 0.25) is 0 Å². The molecule has 2 rings (SSSR count). The zero-order chi connectivity index (χ0) is 13.7. The van der Waals surface area contributed by atoms with Crippen molar-refractivity contribution in [3.8, 4) is 0 Å². The van der Waals surface area contributed by atoms with E-state index in [0.717, 1.165) is 17.8 Å². The van der Waals surface area contributed by atoms with E-state index in [4.69, 9.17) is 5.73 Å². The van der Waals surface area contributed by atoms with E-state index >= 15 is 0 Å². The summed E-state index contributed by atoms with van der Waals surface area (Å²) in [5, 5.41) is 10.7. The van der Waals surface area contributed by atoms with Crippen LogP contribution in [-0.4, -0.2) is 21.2 Å². The summed E-state index contributed by atoms with van der Waals surface area (Å²) in [5.74, 6) is 1.03. The predicted molar refractivity (Wildman–Crippen MR) is 75.6 cm³/mol. The average Bonchev–Trinajstić information content (AvgIpc) is 2.93. The molecule has 102 valence electrons. The molecule has 0 fully saturated rings. The molecule has 4 heteroatoms. The Labute approximate surface area is 113 Å². The van der Waals surface area contributed by atoms with Crippen molar-refractivity contribution in [2.75, 3.05) is 6.54 Å². The molecule has 0 amide bonds. The number of aromatic nitrogens is 2. The maximum atomic E-state index is 10.7. The standard InChI is InChI=1S/C15H21N3O/c1-2-14-17-9-11-18(14)10-8-15(19,12-16)13-6-4-3-5-7-13/h3-7,9,11,19H,2,8,10,12,16H2,1H3. The third-order valence-electron chi connectivity index (χ3n) is 3.53. The highest BCUT2D eigenvalue weighted by atomic mass is 16.3. The lowest BCUT2D eigenvalue weighted by atomic mass is 9.90. The van der Waals surface area contributed by atoms with E-state index in [2.05, 4.69) is 16.5 Å². The van der Waals surface area contributed by atoms with Crippen LogP contribution in [0.25, 0.3) is 0 Å². The van der Waals surface area contributed by atoms with Gasteiger partial charge in [-0.2, -0.15) is 0 Å². The van der Waals surface area contributed by atoms with Crippen LogP contribution in [0.15, 0.2) is 42.7 Å². The summed E-state index contributed by atoms with van der Waals surface area (Å²) < 4.78 is 2.07. The Morgan fingerprint density at radius 2 is 2.05 bits per heavy atom. The van der Waals surface area contributed by atoms with Crippen LogP contribution in [0.4, 0.5) is 0 Å². The van der Waals surface area contributed by atoms with Crippen LogP contribution >= 0.6 is 0 Å². The molecule has 1 atom stereocenters. The fourth-order valence-corrected chi connectivity index (χ4v) is 2.28. The van der Waals surface area contributed by atoms with Crippen molar-refractivity contribution < 1.29 is 5.11 Å². The van der Waals surface area contributed by atoms with Gasteiger partial charge in [-0.25, -0.2) is 4.98 Å². The van der Waals surface area contributed by atoms with Gasteiger partial charge < -0.3 is 15.4 Å². The molecular formula is C15H21N3O. The number of hydrogen-bond donors (Lipinski definition) is 2. The Kier molecular flexibility index (Phi) is 4.35. The van der Waals surface area contributed by atoms with E-state index in [-0.39, 0.29) is 6.54 Å². The SMILES string of the molecule is CCc1nccn1CCC(O)(CN)c1ccccc1. The molecular weight excluding hydrogens is 238 g/mol. The first kappa shape index (κ1) is 13.8. The van der Waals surface area contributed by atoms with Crippen LogP contribution in [0.2, 0.25) is 0 Å². The molecule has 19 heavy (non-hydrogen) atoms. The molecule has 0 bridgehead atoms. The van der Waals surface area contributed by atoms with Crippen molar-refractivity contribution in [3.63, 3.8) is 0 Å². The quantitative estimate of drug-likeness (QED) is 0.829. The Bertz CT molecular complexity index is 509. The number of aryl methyl sites for hydroxylation is 2. The smallest absolute Gasteiger partial charge is 0.108 e. The molecule has 4 nitrogen and oxygen atoms in total. The first-order chi connectivity index (χ1) is 9.19. The zero-order valence-electron chi connectivity index (χ0n) is 11.3. The number of imidazole rings is 1. The summed E-state index contributed by atoms with van der Waals surface area (Å²) in [6.45, 7) is 3.00. The number of nitrogens with zero attached hydrogens (tertiary/aromatic N) is 2. The van der Waals surface area contributed by atoms with Gasteiger partial charge in [0.15, 0.2) is 0 Å². The Balaban J connectivity index is 2.11. The lowest BCUT2D eigenvalue weighted by molar-refractivity contribution is 0.0320. The number of benzene rings is 1. The van der Waals surface area contributed by atoms with Crippen LogP contribution in [0, 0.1) is 0 Å². The molecule has 2 aromatic rings. The summed E-state index contributed by atoms with van der Waals surface area (Å²) >= 11 is 0. The van der Waals surface area contributed by atoms with Gasteiger partial charge in [-0.3, -0.25) is 0 Å². The number of hydrogen-bond acceptors (Lipinski definition) is 3. The fourth-order valence-electron chi connectivity index (χ4n) is 2.28. The van der Waals surface area contributed by atoms with Crippen LogP contribution in [0.1, 0.15) is 24.7 Å². The van der Waals surface area contributed by atoms with E-state index in [9.17, 15) is 5.11 Å². The third kappa shape index (κ3) is 3.03. The molecule has 0 aliphatic rings. The first-order valence-corrected chi connectivity index (χ1v) is 6.67. The maximum Gasteiger partial charge on any atom is 0.108 e. The second-order valence-electron chi connectivity index (χ2n) is 4.74. The number of aliphatic hydroxyl groups is 1. The third-order valence-corrected chi connectivity index (χ3v) is 3.53. The highest BCUT2D eigenvalue weighted by Crippen LogP contribution is 2.24. The van der Waals surface area contributed by atoms with Crippen molar-refractivity contribution in [3.05, 3.63) is 54.1 Å². The maximum absolute atomic E-state index is 10.7. The summed E-state index contributed by atoms with van der Waals surface area (Å²) in [5.41, 5.74) is 5.67. The Morgan fingerprint density at radius 1 is 1.32 bits per heavy atom. The lowest BCUT2D eigenvalue weighted by Gasteiger charge is -2.27. The van der Waals surface area contributed by atoms with Gasteiger partial charge in [-0.1, -0.05) is 37.3 Å². The minimum absolute atomic E-state index is 0.215. The molecule has 0 aliphatic carbocycles.